The summed E-state index contributed by atoms with van der Waals surface area (Å²) in [6.45, 7) is 3.57. The Hall–Kier alpha value is -0.940. The van der Waals surface area contributed by atoms with Crippen molar-refractivity contribution in [2.24, 2.45) is 5.41 Å². The number of nitrogens with zero attached hydrogens (tertiary/aromatic N) is 1. The van der Waals surface area contributed by atoms with Gasteiger partial charge < -0.3 is 9.64 Å². The molecule has 16 heavy (non-hydrogen) atoms. The third kappa shape index (κ3) is 4.28. The van der Waals surface area contributed by atoms with Crippen molar-refractivity contribution < 1.29 is 22.7 Å². The molecule has 1 aliphatic rings. The molecule has 0 atom stereocenters. The topological polar surface area (TPSA) is 29.5 Å². The van der Waals surface area contributed by atoms with Crippen LogP contribution in [0.25, 0.3) is 0 Å². The molecule has 0 bridgehead atoms. The molecule has 1 amide bonds. The number of rotatable bonds is 1. The van der Waals surface area contributed by atoms with Crippen molar-refractivity contribution in [3.63, 3.8) is 0 Å². The SMILES string of the molecule is CC1(C)CCN(C(=O)OCC(F)(F)F)CC1. The summed E-state index contributed by atoms with van der Waals surface area (Å²) in [6.07, 6.45) is -3.75. The van der Waals surface area contributed by atoms with E-state index in [1.807, 2.05) is 0 Å². The van der Waals surface area contributed by atoms with Crippen molar-refractivity contribution in [3.8, 4) is 0 Å². The number of hydrogen-bond donors (Lipinski definition) is 0. The van der Waals surface area contributed by atoms with Crippen LogP contribution in [0.5, 0.6) is 0 Å². The Morgan fingerprint density at radius 1 is 1.31 bits per heavy atom. The fraction of sp³-hybridized carbons (Fsp3) is 0.900. The zero-order chi connectivity index (χ0) is 12.4. The van der Waals surface area contributed by atoms with E-state index < -0.39 is 18.9 Å². The van der Waals surface area contributed by atoms with E-state index in [1.165, 1.54) is 4.90 Å². The van der Waals surface area contributed by atoms with E-state index in [0.29, 0.717) is 13.1 Å². The van der Waals surface area contributed by atoms with E-state index in [0.717, 1.165) is 12.8 Å². The summed E-state index contributed by atoms with van der Waals surface area (Å²) in [7, 11) is 0. The van der Waals surface area contributed by atoms with Gasteiger partial charge >= 0.3 is 12.3 Å². The Bertz CT molecular complexity index is 253. The van der Waals surface area contributed by atoms with Gasteiger partial charge in [-0.25, -0.2) is 4.79 Å². The molecule has 3 nitrogen and oxygen atoms in total. The Balaban J connectivity index is 2.34. The smallest absolute Gasteiger partial charge is 0.422 e. The fourth-order valence-corrected chi connectivity index (χ4v) is 1.53. The summed E-state index contributed by atoms with van der Waals surface area (Å²) in [5.74, 6) is 0. The standard InChI is InChI=1S/C10H16F3NO2/c1-9(2)3-5-14(6-4-9)8(15)16-7-10(11,12)13/h3-7H2,1-2H3. The molecule has 0 radical (unpaired) electrons. The lowest BCUT2D eigenvalue weighted by atomic mass is 9.83. The number of halogens is 3. The third-order valence-electron chi connectivity index (χ3n) is 2.73. The number of likely N-dealkylation sites (tertiary alicyclic amines) is 1. The summed E-state index contributed by atoms with van der Waals surface area (Å²) in [4.78, 5) is 12.6. The fourth-order valence-electron chi connectivity index (χ4n) is 1.53. The summed E-state index contributed by atoms with van der Waals surface area (Å²) >= 11 is 0. The average molecular weight is 239 g/mol. The quantitative estimate of drug-likeness (QED) is 0.704. The second kappa shape index (κ2) is 4.51. The lowest BCUT2D eigenvalue weighted by Gasteiger charge is -2.36. The van der Waals surface area contributed by atoms with Crippen molar-refractivity contribution in [1.82, 2.24) is 4.90 Å². The molecule has 0 spiro atoms. The Morgan fingerprint density at radius 3 is 2.25 bits per heavy atom. The first-order valence-electron chi connectivity index (χ1n) is 5.18. The molecule has 0 aromatic rings. The largest absolute Gasteiger partial charge is 0.440 e. The molecular formula is C10H16F3NO2. The van der Waals surface area contributed by atoms with Gasteiger partial charge in [0.25, 0.3) is 0 Å². The predicted molar refractivity (Wildman–Crippen MR) is 52.0 cm³/mol. The number of piperidine rings is 1. The number of carbonyl (C=O) groups is 1. The van der Waals surface area contributed by atoms with Crippen LogP contribution in [-0.2, 0) is 4.74 Å². The lowest BCUT2D eigenvalue weighted by Crippen LogP contribution is -2.42. The molecular weight excluding hydrogens is 223 g/mol. The molecule has 6 heteroatoms. The molecule has 1 heterocycles. The maximum absolute atomic E-state index is 11.8. The molecule has 1 saturated heterocycles. The van der Waals surface area contributed by atoms with E-state index in [4.69, 9.17) is 0 Å². The van der Waals surface area contributed by atoms with Gasteiger partial charge in [0.2, 0.25) is 0 Å². The van der Waals surface area contributed by atoms with Gasteiger partial charge in [0.1, 0.15) is 0 Å². The highest BCUT2D eigenvalue weighted by Gasteiger charge is 2.33. The number of alkyl halides is 3. The number of ether oxygens (including phenoxy) is 1. The Morgan fingerprint density at radius 2 is 1.81 bits per heavy atom. The number of amides is 1. The first-order valence-corrected chi connectivity index (χ1v) is 5.18. The summed E-state index contributed by atoms with van der Waals surface area (Å²) < 4.78 is 39.6. The molecule has 1 fully saturated rings. The van der Waals surface area contributed by atoms with Crippen LogP contribution in [0.15, 0.2) is 0 Å². The van der Waals surface area contributed by atoms with Crippen LogP contribution in [0.2, 0.25) is 0 Å². The van der Waals surface area contributed by atoms with E-state index in [-0.39, 0.29) is 5.41 Å². The summed E-state index contributed by atoms with van der Waals surface area (Å²) in [5.41, 5.74) is 0.154. The molecule has 1 aliphatic heterocycles. The highest BCUT2D eigenvalue weighted by Crippen LogP contribution is 2.30. The van der Waals surface area contributed by atoms with Gasteiger partial charge in [0.05, 0.1) is 0 Å². The Kier molecular flexibility index (Phi) is 3.70. The number of carbonyl (C=O) groups excluding carboxylic acids is 1. The van der Waals surface area contributed by atoms with Gasteiger partial charge in [-0.1, -0.05) is 13.8 Å². The van der Waals surface area contributed by atoms with E-state index in [2.05, 4.69) is 18.6 Å². The molecule has 0 N–H and O–H groups in total. The maximum atomic E-state index is 11.8. The van der Waals surface area contributed by atoms with Crippen molar-refractivity contribution in [2.45, 2.75) is 32.9 Å². The highest BCUT2D eigenvalue weighted by atomic mass is 19.4. The molecule has 0 unspecified atom stereocenters. The van der Waals surface area contributed by atoms with Crippen LogP contribution in [0.3, 0.4) is 0 Å². The van der Waals surface area contributed by atoms with Crippen LogP contribution < -0.4 is 0 Å². The van der Waals surface area contributed by atoms with Crippen molar-refractivity contribution in [2.75, 3.05) is 19.7 Å². The minimum atomic E-state index is -4.45. The average Bonchev–Trinajstić information content (AvgIpc) is 2.13. The highest BCUT2D eigenvalue weighted by molar-refractivity contribution is 5.67. The van der Waals surface area contributed by atoms with E-state index in [1.54, 1.807) is 0 Å². The van der Waals surface area contributed by atoms with E-state index in [9.17, 15) is 18.0 Å². The molecule has 1 rings (SSSR count). The molecule has 94 valence electrons. The van der Waals surface area contributed by atoms with Gasteiger partial charge in [-0.05, 0) is 18.3 Å². The molecule has 0 aliphatic carbocycles. The normalized spacial score (nSPS) is 20.7. The van der Waals surface area contributed by atoms with Gasteiger partial charge in [-0.15, -0.1) is 0 Å². The van der Waals surface area contributed by atoms with Crippen LogP contribution >= 0.6 is 0 Å². The minimum Gasteiger partial charge on any atom is -0.440 e. The second-order valence-electron chi connectivity index (χ2n) is 4.82. The summed E-state index contributed by atoms with van der Waals surface area (Å²) in [5, 5.41) is 0. The van der Waals surface area contributed by atoms with Crippen LogP contribution in [-0.4, -0.2) is 36.9 Å². The summed E-state index contributed by atoms with van der Waals surface area (Å²) in [6, 6.07) is 0. The van der Waals surface area contributed by atoms with Crippen LogP contribution in [0, 0.1) is 5.41 Å². The minimum absolute atomic E-state index is 0.154. The predicted octanol–water partition coefficient (Wildman–Crippen LogP) is 2.81. The van der Waals surface area contributed by atoms with Gasteiger partial charge in [0.15, 0.2) is 6.61 Å². The van der Waals surface area contributed by atoms with Gasteiger partial charge in [-0.2, -0.15) is 13.2 Å². The Labute approximate surface area is 92.5 Å². The molecule has 0 saturated carbocycles. The molecule has 0 aromatic carbocycles. The van der Waals surface area contributed by atoms with Gasteiger partial charge in [-0.3, -0.25) is 0 Å². The second-order valence-corrected chi connectivity index (χ2v) is 4.82. The lowest BCUT2D eigenvalue weighted by molar-refractivity contribution is -0.162. The maximum Gasteiger partial charge on any atom is 0.422 e. The van der Waals surface area contributed by atoms with Crippen molar-refractivity contribution in [1.29, 1.82) is 0 Å². The monoisotopic (exact) mass is 239 g/mol. The van der Waals surface area contributed by atoms with Gasteiger partial charge in [0, 0.05) is 13.1 Å². The zero-order valence-corrected chi connectivity index (χ0v) is 9.43. The first-order chi connectivity index (χ1) is 7.20. The first kappa shape index (κ1) is 13.1. The van der Waals surface area contributed by atoms with Crippen molar-refractivity contribution in [3.05, 3.63) is 0 Å². The van der Waals surface area contributed by atoms with Crippen LogP contribution in [0.1, 0.15) is 26.7 Å². The van der Waals surface area contributed by atoms with Crippen LogP contribution in [0.4, 0.5) is 18.0 Å². The van der Waals surface area contributed by atoms with Crippen molar-refractivity contribution >= 4 is 6.09 Å². The number of hydrogen-bond acceptors (Lipinski definition) is 2. The molecule has 0 aromatic heterocycles. The zero-order valence-electron chi connectivity index (χ0n) is 9.43. The third-order valence-corrected chi connectivity index (χ3v) is 2.73. The van der Waals surface area contributed by atoms with E-state index >= 15 is 0 Å².